The van der Waals surface area contributed by atoms with E-state index >= 15 is 0 Å². The van der Waals surface area contributed by atoms with Crippen LogP contribution < -0.4 is 5.32 Å². The van der Waals surface area contributed by atoms with Crippen LogP contribution in [0.1, 0.15) is 35.7 Å². The number of benzene rings is 1. The molecular formula is C19H16BrClF3N5O. The number of halogens is 5. The van der Waals surface area contributed by atoms with Crippen molar-refractivity contribution in [3.8, 4) is 0 Å². The van der Waals surface area contributed by atoms with Crippen molar-refractivity contribution in [2.75, 3.05) is 5.32 Å². The van der Waals surface area contributed by atoms with Crippen LogP contribution in [-0.2, 0) is 24.1 Å². The molecule has 0 bridgehead atoms. The highest BCUT2D eigenvalue weighted by Gasteiger charge is 2.41. The molecule has 1 saturated carbocycles. The number of alkyl halides is 3. The van der Waals surface area contributed by atoms with E-state index in [9.17, 15) is 18.0 Å². The zero-order valence-corrected chi connectivity index (χ0v) is 17.8. The minimum Gasteiger partial charge on any atom is -0.308 e. The molecule has 1 aromatic carbocycles. The molecule has 1 N–H and O–H groups in total. The molecule has 158 valence electrons. The molecule has 0 saturated heterocycles. The number of carbonyl (C=O) groups is 1. The van der Waals surface area contributed by atoms with Crippen molar-refractivity contribution in [1.29, 1.82) is 0 Å². The Morgan fingerprint density at radius 3 is 2.70 bits per heavy atom. The molecule has 0 unspecified atom stereocenters. The summed E-state index contributed by atoms with van der Waals surface area (Å²) in [6, 6.07) is 8.93. The van der Waals surface area contributed by atoms with Crippen LogP contribution in [0.15, 0.2) is 41.0 Å². The standard InChI is InChI=1S/C19H16BrClF3N5O/c20-16-17(12-4-5-12)29(27-18(16)19(22,23)24)10-15(30)25-14-6-7-28(26-14)9-11-2-1-3-13(21)8-11/h1-3,6-8,12H,4-5,9-10H2,(H,25,26,30). The van der Waals surface area contributed by atoms with Gasteiger partial charge in [0.2, 0.25) is 5.91 Å². The average molecular weight is 503 g/mol. The lowest BCUT2D eigenvalue weighted by Gasteiger charge is -2.07. The molecule has 11 heteroatoms. The third kappa shape index (κ3) is 4.70. The lowest BCUT2D eigenvalue weighted by atomic mass is 10.2. The van der Waals surface area contributed by atoms with E-state index < -0.39 is 17.8 Å². The van der Waals surface area contributed by atoms with Gasteiger partial charge in [0.15, 0.2) is 11.5 Å². The highest BCUT2D eigenvalue weighted by molar-refractivity contribution is 9.10. The number of nitrogens with zero attached hydrogens (tertiary/aromatic N) is 4. The van der Waals surface area contributed by atoms with Gasteiger partial charge in [0.05, 0.1) is 16.7 Å². The van der Waals surface area contributed by atoms with Gasteiger partial charge in [-0.05, 0) is 46.5 Å². The highest BCUT2D eigenvalue weighted by atomic mass is 79.9. The number of rotatable bonds is 6. The summed E-state index contributed by atoms with van der Waals surface area (Å²) in [6.07, 6.45) is -1.35. The highest BCUT2D eigenvalue weighted by Crippen LogP contribution is 2.46. The Hall–Kier alpha value is -2.33. The molecular weight excluding hydrogens is 487 g/mol. The fraction of sp³-hybridized carbons (Fsp3) is 0.316. The summed E-state index contributed by atoms with van der Waals surface area (Å²) in [5.74, 6) is -0.224. The van der Waals surface area contributed by atoms with Crippen LogP contribution in [0.4, 0.5) is 19.0 Å². The lowest BCUT2D eigenvalue weighted by Crippen LogP contribution is -2.21. The Kier molecular flexibility index (Phi) is 5.63. The molecule has 1 aliphatic rings. The Balaban J connectivity index is 1.45. The van der Waals surface area contributed by atoms with Gasteiger partial charge in [-0.1, -0.05) is 23.7 Å². The first kappa shape index (κ1) is 20.9. The number of nitrogens with one attached hydrogen (secondary N) is 1. The number of hydrogen-bond donors (Lipinski definition) is 1. The second-order valence-electron chi connectivity index (χ2n) is 7.05. The van der Waals surface area contributed by atoms with Crippen LogP contribution >= 0.6 is 27.5 Å². The first-order chi connectivity index (χ1) is 14.2. The minimum absolute atomic E-state index is 0.0207. The smallest absolute Gasteiger partial charge is 0.308 e. The molecule has 2 aromatic heterocycles. The molecule has 1 aliphatic carbocycles. The second kappa shape index (κ2) is 8.07. The van der Waals surface area contributed by atoms with Gasteiger partial charge in [-0.3, -0.25) is 14.2 Å². The van der Waals surface area contributed by atoms with Gasteiger partial charge >= 0.3 is 6.18 Å². The molecule has 0 radical (unpaired) electrons. The Bertz CT molecular complexity index is 1090. The van der Waals surface area contributed by atoms with E-state index in [1.165, 1.54) is 0 Å². The van der Waals surface area contributed by atoms with Gasteiger partial charge in [-0.25, -0.2) is 0 Å². The van der Waals surface area contributed by atoms with E-state index in [0.29, 0.717) is 23.1 Å². The van der Waals surface area contributed by atoms with E-state index in [-0.39, 0.29) is 16.9 Å². The predicted molar refractivity (Wildman–Crippen MR) is 108 cm³/mol. The summed E-state index contributed by atoms with van der Waals surface area (Å²) in [4.78, 5) is 12.4. The van der Waals surface area contributed by atoms with Gasteiger partial charge in [0.25, 0.3) is 0 Å². The summed E-state index contributed by atoms with van der Waals surface area (Å²) in [5, 5.41) is 11.1. The fourth-order valence-electron chi connectivity index (χ4n) is 3.16. The molecule has 2 heterocycles. The number of amides is 1. The Morgan fingerprint density at radius 2 is 2.03 bits per heavy atom. The second-order valence-corrected chi connectivity index (χ2v) is 8.28. The summed E-state index contributed by atoms with van der Waals surface area (Å²) >= 11 is 8.99. The molecule has 0 atom stereocenters. The molecule has 3 aromatic rings. The minimum atomic E-state index is -4.59. The van der Waals surface area contributed by atoms with Crippen LogP contribution in [0.25, 0.3) is 0 Å². The predicted octanol–water partition coefficient (Wildman–Crippen LogP) is 5.08. The fourth-order valence-corrected chi connectivity index (χ4v) is 4.20. The van der Waals surface area contributed by atoms with Crippen LogP contribution in [-0.4, -0.2) is 25.5 Å². The molecule has 4 rings (SSSR count). The zero-order valence-electron chi connectivity index (χ0n) is 15.5. The summed E-state index contributed by atoms with van der Waals surface area (Å²) < 4.78 is 42.2. The third-order valence-corrected chi connectivity index (χ3v) is 5.62. The number of hydrogen-bond acceptors (Lipinski definition) is 3. The van der Waals surface area contributed by atoms with Crippen molar-refractivity contribution in [2.45, 2.75) is 38.0 Å². The monoisotopic (exact) mass is 501 g/mol. The number of anilines is 1. The zero-order chi connectivity index (χ0) is 21.5. The van der Waals surface area contributed by atoms with E-state index in [0.717, 1.165) is 23.1 Å². The summed E-state index contributed by atoms with van der Waals surface area (Å²) in [7, 11) is 0. The molecule has 0 aliphatic heterocycles. The first-order valence-corrected chi connectivity index (χ1v) is 10.3. The van der Waals surface area contributed by atoms with E-state index in [4.69, 9.17) is 11.6 Å². The van der Waals surface area contributed by atoms with Crippen molar-refractivity contribution in [3.05, 3.63) is 63.0 Å². The van der Waals surface area contributed by atoms with Crippen LogP contribution in [0.3, 0.4) is 0 Å². The van der Waals surface area contributed by atoms with Crippen molar-refractivity contribution in [3.63, 3.8) is 0 Å². The molecule has 1 amide bonds. The Labute approximate surface area is 183 Å². The van der Waals surface area contributed by atoms with Crippen molar-refractivity contribution in [2.24, 2.45) is 0 Å². The molecule has 0 spiro atoms. The molecule has 1 fully saturated rings. The van der Waals surface area contributed by atoms with Gasteiger partial charge < -0.3 is 5.32 Å². The van der Waals surface area contributed by atoms with Gasteiger partial charge in [-0.15, -0.1) is 0 Å². The SMILES string of the molecule is O=C(Cn1nc(C(F)(F)F)c(Br)c1C1CC1)Nc1ccn(Cc2cccc(Cl)c2)n1. The van der Waals surface area contributed by atoms with Crippen LogP contribution in [0.2, 0.25) is 5.02 Å². The Morgan fingerprint density at radius 1 is 1.27 bits per heavy atom. The maximum atomic E-state index is 13.2. The topological polar surface area (TPSA) is 64.7 Å². The molecule has 6 nitrogen and oxygen atoms in total. The average Bonchev–Trinajstić information content (AvgIpc) is 3.30. The van der Waals surface area contributed by atoms with Gasteiger partial charge in [0, 0.05) is 23.2 Å². The maximum absolute atomic E-state index is 13.2. The number of aromatic nitrogens is 4. The summed E-state index contributed by atoms with van der Waals surface area (Å²) in [6.45, 7) is 0.130. The van der Waals surface area contributed by atoms with Crippen molar-refractivity contribution >= 4 is 39.3 Å². The van der Waals surface area contributed by atoms with E-state index in [1.807, 2.05) is 18.2 Å². The van der Waals surface area contributed by atoms with Crippen molar-refractivity contribution in [1.82, 2.24) is 19.6 Å². The molecule has 30 heavy (non-hydrogen) atoms. The number of carbonyl (C=O) groups excluding carboxylic acids is 1. The van der Waals surface area contributed by atoms with Crippen molar-refractivity contribution < 1.29 is 18.0 Å². The lowest BCUT2D eigenvalue weighted by molar-refractivity contribution is -0.142. The largest absolute Gasteiger partial charge is 0.436 e. The van der Waals surface area contributed by atoms with E-state index in [1.54, 1.807) is 23.0 Å². The normalized spacial score (nSPS) is 14.2. The van der Waals surface area contributed by atoms with Crippen LogP contribution in [0.5, 0.6) is 0 Å². The quantitative estimate of drug-likeness (QED) is 0.511. The third-order valence-electron chi connectivity index (χ3n) is 4.60. The van der Waals surface area contributed by atoms with E-state index in [2.05, 4.69) is 31.4 Å². The van der Waals surface area contributed by atoms with Gasteiger partial charge in [-0.2, -0.15) is 23.4 Å². The van der Waals surface area contributed by atoms with Crippen LogP contribution in [0, 0.1) is 0 Å². The summed E-state index contributed by atoms with van der Waals surface area (Å²) in [5.41, 5.74) is 0.339. The first-order valence-electron chi connectivity index (χ1n) is 9.12. The maximum Gasteiger partial charge on any atom is 0.436 e. The van der Waals surface area contributed by atoms with Gasteiger partial charge in [0.1, 0.15) is 6.54 Å².